The van der Waals surface area contributed by atoms with Crippen LogP contribution in [0.3, 0.4) is 0 Å². The molecule has 0 aliphatic carbocycles. The Morgan fingerprint density at radius 3 is 2.35 bits per heavy atom. The Morgan fingerprint density at radius 2 is 1.65 bits per heavy atom. The number of anilines is 1. The molecule has 1 aliphatic rings. The van der Waals surface area contributed by atoms with E-state index in [1.54, 1.807) is 12.1 Å². The molecule has 0 spiro atoms. The van der Waals surface area contributed by atoms with Gasteiger partial charge in [-0.2, -0.15) is 4.31 Å². The van der Waals surface area contributed by atoms with E-state index in [9.17, 15) is 22.0 Å². The quantitative estimate of drug-likeness (QED) is 0.615. The van der Waals surface area contributed by atoms with Gasteiger partial charge in [-0.25, -0.2) is 17.2 Å². The fraction of sp³-hybridized carbons (Fsp3) is 0.136. The van der Waals surface area contributed by atoms with Crippen molar-refractivity contribution in [1.29, 1.82) is 0 Å². The predicted octanol–water partition coefficient (Wildman–Crippen LogP) is 4.62. The molecule has 1 amide bonds. The maximum Gasteiger partial charge on any atom is 0.257 e. The molecule has 0 atom stereocenters. The van der Waals surface area contributed by atoms with Crippen molar-refractivity contribution in [3.63, 3.8) is 0 Å². The van der Waals surface area contributed by atoms with E-state index in [2.05, 4.69) is 5.32 Å². The molecule has 9 heteroatoms. The molecule has 0 bridgehead atoms. The van der Waals surface area contributed by atoms with E-state index in [0.717, 1.165) is 35.4 Å². The number of hydrogen-bond acceptors (Lipinski definition) is 3. The van der Waals surface area contributed by atoms with Gasteiger partial charge in [0, 0.05) is 18.8 Å². The second kappa shape index (κ2) is 8.37. The number of fused-ring (bicyclic) bond motifs is 1. The van der Waals surface area contributed by atoms with Gasteiger partial charge in [-0.05, 0) is 72.1 Å². The lowest BCUT2D eigenvalue weighted by atomic mass is 10.0. The van der Waals surface area contributed by atoms with E-state index in [-0.39, 0.29) is 22.0 Å². The molecule has 4 rings (SSSR count). The molecule has 0 fully saturated rings. The summed E-state index contributed by atoms with van der Waals surface area (Å²) >= 11 is 5.95. The number of benzene rings is 3. The van der Waals surface area contributed by atoms with Crippen molar-refractivity contribution in [3.8, 4) is 0 Å². The zero-order valence-corrected chi connectivity index (χ0v) is 17.7. The summed E-state index contributed by atoms with van der Waals surface area (Å²) in [5.74, 6) is -1.56. The molecule has 0 aromatic heterocycles. The van der Waals surface area contributed by atoms with Crippen LogP contribution in [0.25, 0.3) is 0 Å². The Hall–Kier alpha value is -2.81. The summed E-state index contributed by atoms with van der Waals surface area (Å²) in [7, 11) is -3.78. The van der Waals surface area contributed by atoms with Crippen LogP contribution in [0.15, 0.2) is 65.6 Å². The normalized spacial score (nSPS) is 14.2. The highest BCUT2D eigenvalue weighted by molar-refractivity contribution is 7.89. The Morgan fingerprint density at radius 1 is 0.935 bits per heavy atom. The molecule has 160 valence electrons. The Balaban J connectivity index is 1.55. The van der Waals surface area contributed by atoms with Gasteiger partial charge in [0.1, 0.15) is 11.6 Å². The molecule has 5 nitrogen and oxygen atoms in total. The number of nitrogens with zero attached hydrogens (tertiary/aromatic N) is 1. The second-order valence-corrected chi connectivity index (χ2v) is 9.45. The minimum absolute atomic E-state index is 0.00738. The highest BCUT2D eigenvalue weighted by Gasteiger charge is 2.28. The topological polar surface area (TPSA) is 66.5 Å². The highest BCUT2D eigenvalue weighted by Crippen LogP contribution is 2.28. The van der Waals surface area contributed by atoms with Crippen molar-refractivity contribution in [3.05, 3.63) is 94.0 Å². The molecular weight excluding hydrogens is 446 g/mol. The Labute approximate surface area is 183 Å². The minimum atomic E-state index is -3.78. The monoisotopic (exact) mass is 462 g/mol. The predicted molar refractivity (Wildman–Crippen MR) is 114 cm³/mol. The number of carbonyl (C=O) groups excluding carboxylic acids is 1. The highest BCUT2D eigenvalue weighted by atomic mass is 35.5. The van der Waals surface area contributed by atoms with Gasteiger partial charge in [-0.3, -0.25) is 4.79 Å². The van der Waals surface area contributed by atoms with Gasteiger partial charge in [0.2, 0.25) is 10.0 Å². The van der Waals surface area contributed by atoms with Gasteiger partial charge in [0.05, 0.1) is 15.5 Å². The molecule has 1 N–H and O–H groups in total. The summed E-state index contributed by atoms with van der Waals surface area (Å²) in [4.78, 5) is 12.5. The standard InChI is InChI=1S/C22H17ClF2N2O3S/c23-21-12-17(25)4-8-20(21)22(28)26-18-5-1-14-9-10-27(13-15(14)11-18)31(29,30)19-6-2-16(24)3-7-19/h1-8,11-12H,9-10,13H2,(H,26,28). The van der Waals surface area contributed by atoms with Crippen molar-refractivity contribution in [2.24, 2.45) is 0 Å². The van der Waals surface area contributed by atoms with E-state index >= 15 is 0 Å². The van der Waals surface area contributed by atoms with Crippen molar-refractivity contribution in [2.75, 3.05) is 11.9 Å². The van der Waals surface area contributed by atoms with Crippen molar-refractivity contribution in [2.45, 2.75) is 17.9 Å². The number of hydrogen-bond donors (Lipinski definition) is 1. The fourth-order valence-electron chi connectivity index (χ4n) is 3.44. The number of amides is 1. The summed E-state index contributed by atoms with van der Waals surface area (Å²) < 4.78 is 53.5. The van der Waals surface area contributed by atoms with Crippen LogP contribution in [0.1, 0.15) is 21.5 Å². The molecule has 0 unspecified atom stereocenters. The molecule has 1 heterocycles. The second-order valence-electron chi connectivity index (χ2n) is 7.10. The third-order valence-electron chi connectivity index (χ3n) is 5.07. The molecule has 0 saturated carbocycles. The molecule has 3 aromatic carbocycles. The first kappa shape index (κ1) is 21.4. The van der Waals surface area contributed by atoms with Crippen LogP contribution in [0, 0.1) is 11.6 Å². The van der Waals surface area contributed by atoms with Crippen molar-refractivity contribution >= 4 is 33.2 Å². The summed E-state index contributed by atoms with van der Waals surface area (Å²) in [6.45, 7) is 0.416. The summed E-state index contributed by atoms with van der Waals surface area (Å²) in [5, 5.41) is 2.70. The van der Waals surface area contributed by atoms with E-state index in [1.165, 1.54) is 22.5 Å². The van der Waals surface area contributed by atoms with Crippen molar-refractivity contribution in [1.82, 2.24) is 4.31 Å². The van der Waals surface area contributed by atoms with E-state index in [4.69, 9.17) is 11.6 Å². The number of rotatable bonds is 4. The maximum absolute atomic E-state index is 13.2. The fourth-order valence-corrected chi connectivity index (χ4v) is 5.11. The largest absolute Gasteiger partial charge is 0.322 e. The van der Waals surface area contributed by atoms with Crippen LogP contribution >= 0.6 is 11.6 Å². The first-order valence-corrected chi connectivity index (χ1v) is 11.2. The number of carbonyl (C=O) groups is 1. The van der Waals surface area contributed by atoms with E-state index < -0.39 is 27.6 Å². The van der Waals surface area contributed by atoms with E-state index in [0.29, 0.717) is 18.7 Å². The molecule has 3 aromatic rings. The van der Waals surface area contributed by atoms with Crippen LogP contribution in [-0.2, 0) is 23.0 Å². The van der Waals surface area contributed by atoms with Crippen molar-refractivity contribution < 1.29 is 22.0 Å². The Bertz CT molecular complexity index is 1260. The van der Waals surface area contributed by atoms with Crippen LogP contribution in [-0.4, -0.2) is 25.2 Å². The molecule has 0 saturated heterocycles. The smallest absolute Gasteiger partial charge is 0.257 e. The summed E-state index contributed by atoms with van der Waals surface area (Å²) in [6.07, 6.45) is 0.508. The first-order valence-electron chi connectivity index (χ1n) is 9.38. The number of halogens is 3. The van der Waals surface area contributed by atoms with Gasteiger partial charge in [-0.15, -0.1) is 0 Å². The molecular formula is C22H17ClF2N2O3S. The van der Waals surface area contributed by atoms with Crippen LogP contribution in [0.5, 0.6) is 0 Å². The average molecular weight is 463 g/mol. The van der Waals surface area contributed by atoms with Gasteiger partial charge in [-0.1, -0.05) is 17.7 Å². The van der Waals surface area contributed by atoms with Gasteiger partial charge >= 0.3 is 0 Å². The lowest BCUT2D eigenvalue weighted by molar-refractivity contribution is 0.102. The number of nitrogens with one attached hydrogen (secondary N) is 1. The molecule has 1 aliphatic heterocycles. The average Bonchev–Trinajstić information content (AvgIpc) is 2.73. The summed E-state index contributed by atoms with van der Waals surface area (Å²) in [6, 6.07) is 13.5. The van der Waals surface area contributed by atoms with Gasteiger partial charge < -0.3 is 5.32 Å². The maximum atomic E-state index is 13.2. The van der Waals surface area contributed by atoms with Crippen LogP contribution in [0.4, 0.5) is 14.5 Å². The van der Waals surface area contributed by atoms with Gasteiger partial charge in [0.25, 0.3) is 5.91 Å². The summed E-state index contributed by atoms with van der Waals surface area (Å²) in [5.41, 5.74) is 2.31. The lowest BCUT2D eigenvalue weighted by Gasteiger charge is -2.28. The number of sulfonamides is 1. The third kappa shape index (κ3) is 4.46. The zero-order chi connectivity index (χ0) is 22.2. The molecule has 31 heavy (non-hydrogen) atoms. The van der Waals surface area contributed by atoms with Crippen LogP contribution in [0.2, 0.25) is 5.02 Å². The van der Waals surface area contributed by atoms with Gasteiger partial charge in [0.15, 0.2) is 0 Å². The SMILES string of the molecule is O=C(Nc1ccc2c(c1)CN(S(=O)(=O)c1ccc(F)cc1)CC2)c1ccc(F)cc1Cl. The zero-order valence-electron chi connectivity index (χ0n) is 16.1. The van der Waals surface area contributed by atoms with Crippen LogP contribution < -0.4 is 5.32 Å². The molecule has 0 radical (unpaired) electrons. The Kier molecular flexibility index (Phi) is 5.79. The minimum Gasteiger partial charge on any atom is -0.322 e. The first-order chi connectivity index (χ1) is 14.7. The van der Waals surface area contributed by atoms with E-state index in [1.807, 2.05) is 6.07 Å². The lowest BCUT2D eigenvalue weighted by Crippen LogP contribution is -2.36. The third-order valence-corrected chi connectivity index (χ3v) is 7.24.